The van der Waals surface area contributed by atoms with Crippen LogP contribution in [0.1, 0.15) is 55.2 Å². The van der Waals surface area contributed by atoms with E-state index in [2.05, 4.69) is 25.1 Å². The van der Waals surface area contributed by atoms with Crippen molar-refractivity contribution >= 4 is 5.82 Å². The second-order valence-electron chi connectivity index (χ2n) is 8.89. The van der Waals surface area contributed by atoms with E-state index in [9.17, 15) is 4.39 Å². The van der Waals surface area contributed by atoms with E-state index in [0.29, 0.717) is 23.3 Å². The number of piperidine rings is 1. The molecule has 2 aliphatic carbocycles. The molecule has 3 aromatic rings. The first kappa shape index (κ1) is 18.0. The average molecular weight is 405 g/mol. The molecule has 1 aliphatic heterocycles. The Hall–Kier alpha value is -2.83. The summed E-state index contributed by atoms with van der Waals surface area (Å²) in [5.41, 5.74) is 3.50. The fourth-order valence-electron chi connectivity index (χ4n) is 5.30. The maximum Gasteiger partial charge on any atom is 0.247 e. The summed E-state index contributed by atoms with van der Waals surface area (Å²) in [6.45, 7) is 2.01. The molecule has 1 aromatic carbocycles. The van der Waals surface area contributed by atoms with Gasteiger partial charge in [0.25, 0.3) is 0 Å². The summed E-state index contributed by atoms with van der Waals surface area (Å²) >= 11 is 0. The standard InChI is InChI=1S/C23H24FN5O/c24-16-5-3-4-15(12-16)21-27-28-22(30-21)18-13-23(18)8-10-29(11-9-23)20-17-6-1-2-7-19(17)25-14-26-20/h3-5,12,14,18H,1-2,6-11,13H2. The van der Waals surface area contributed by atoms with Gasteiger partial charge >= 0.3 is 0 Å². The molecule has 0 bridgehead atoms. The lowest BCUT2D eigenvalue weighted by Crippen LogP contribution is -2.36. The Morgan fingerprint density at radius 3 is 2.80 bits per heavy atom. The van der Waals surface area contributed by atoms with Crippen molar-refractivity contribution in [3.8, 4) is 11.5 Å². The van der Waals surface area contributed by atoms with Crippen LogP contribution in [0.2, 0.25) is 0 Å². The van der Waals surface area contributed by atoms with E-state index in [1.807, 2.05) is 0 Å². The lowest BCUT2D eigenvalue weighted by Gasteiger charge is -2.35. The Morgan fingerprint density at radius 1 is 1.07 bits per heavy atom. The van der Waals surface area contributed by atoms with Gasteiger partial charge in [-0.15, -0.1) is 10.2 Å². The van der Waals surface area contributed by atoms with Crippen LogP contribution in [-0.4, -0.2) is 33.3 Å². The molecule has 30 heavy (non-hydrogen) atoms. The van der Waals surface area contributed by atoms with E-state index in [1.165, 1.54) is 36.2 Å². The van der Waals surface area contributed by atoms with E-state index in [4.69, 9.17) is 4.42 Å². The Labute approximate surface area is 174 Å². The van der Waals surface area contributed by atoms with Gasteiger partial charge in [0.1, 0.15) is 18.0 Å². The SMILES string of the molecule is Fc1cccc(-c2nnc(C3CC34CCN(c3ncnc5c3CCCC5)CC4)o2)c1. The minimum absolute atomic E-state index is 0.259. The van der Waals surface area contributed by atoms with Gasteiger partial charge in [-0.2, -0.15) is 0 Å². The number of aromatic nitrogens is 4. The van der Waals surface area contributed by atoms with Crippen molar-refractivity contribution in [2.24, 2.45) is 5.41 Å². The zero-order chi connectivity index (χ0) is 20.1. The maximum absolute atomic E-state index is 13.5. The first-order valence-corrected chi connectivity index (χ1v) is 10.9. The van der Waals surface area contributed by atoms with Crippen LogP contribution in [0.4, 0.5) is 10.2 Å². The highest BCUT2D eigenvalue weighted by atomic mass is 19.1. The third-order valence-electron chi connectivity index (χ3n) is 7.16. The molecule has 2 aromatic heterocycles. The number of hydrogen-bond acceptors (Lipinski definition) is 6. The normalized spacial score (nSPS) is 22.2. The molecule has 154 valence electrons. The Kier molecular flexibility index (Phi) is 4.11. The van der Waals surface area contributed by atoms with Gasteiger partial charge in [-0.1, -0.05) is 6.07 Å². The largest absolute Gasteiger partial charge is 0.420 e. The molecule has 0 radical (unpaired) electrons. The molecule has 1 atom stereocenters. The van der Waals surface area contributed by atoms with E-state index in [1.54, 1.807) is 18.5 Å². The number of nitrogens with zero attached hydrogens (tertiary/aromatic N) is 5. The van der Waals surface area contributed by atoms with Gasteiger partial charge in [-0.25, -0.2) is 14.4 Å². The molecular weight excluding hydrogens is 381 g/mol. The number of rotatable bonds is 3. The summed E-state index contributed by atoms with van der Waals surface area (Å²) in [6.07, 6.45) is 9.68. The number of benzene rings is 1. The van der Waals surface area contributed by atoms with Crippen molar-refractivity contribution in [1.29, 1.82) is 0 Å². The van der Waals surface area contributed by atoms with E-state index in [-0.39, 0.29) is 11.2 Å². The zero-order valence-electron chi connectivity index (χ0n) is 16.9. The Bertz CT molecular complexity index is 1090. The molecule has 2 fully saturated rings. The Morgan fingerprint density at radius 2 is 1.93 bits per heavy atom. The molecular formula is C23H24FN5O. The molecule has 1 saturated heterocycles. The first-order chi connectivity index (χ1) is 14.7. The molecule has 0 N–H and O–H groups in total. The number of aryl methyl sites for hydroxylation is 1. The maximum atomic E-state index is 13.5. The van der Waals surface area contributed by atoms with Gasteiger partial charge in [-0.3, -0.25) is 0 Å². The topological polar surface area (TPSA) is 67.9 Å². The average Bonchev–Trinajstić information content (AvgIpc) is 3.25. The van der Waals surface area contributed by atoms with E-state index in [0.717, 1.165) is 51.0 Å². The second kappa shape index (κ2) is 6.86. The van der Waals surface area contributed by atoms with E-state index >= 15 is 0 Å². The van der Waals surface area contributed by atoms with Gasteiger partial charge in [0, 0.05) is 35.8 Å². The smallest absolute Gasteiger partial charge is 0.247 e. The summed E-state index contributed by atoms with van der Waals surface area (Å²) in [5, 5.41) is 8.46. The van der Waals surface area contributed by atoms with Crippen molar-refractivity contribution in [2.75, 3.05) is 18.0 Å². The van der Waals surface area contributed by atoms with Crippen LogP contribution >= 0.6 is 0 Å². The summed E-state index contributed by atoms with van der Waals surface area (Å²) < 4.78 is 19.4. The number of anilines is 1. The summed E-state index contributed by atoms with van der Waals surface area (Å²) in [6, 6.07) is 6.30. The third kappa shape index (κ3) is 2.99. The number of fused-ring (bicyclic) bond motifs is 1. The molecule has 1 spiro atoms. The van der Waals surface area contributed by atoms with Crippen molar-refractivity contribution < 1.29 is 8.81 Å². The lowest BCUT2D eigenvalue weighted by molar-refractivity contribution is 0.351. The van der Waals surface area contributed by atoms with E-state index < -0.39 is 0 Å². The third-order valence-corrected chi connectivity index (χ3v) is 7.16. The fraction of sp³-hybridized carbons (Fsp3) is 0.478. The quantitative estimate of drug-likeness (QED) is 0.647. The fourth-order valence-corrected chi connectivity index (χ4v) is 5.30. The van der Waals surface area contributed by atoms with Gasteiger partial charge in [0.15, 0.2) is 0 Å². The zero-order valence-corrected chi connectivity index (χ0v) is 16.9. The van der Waals surface area contributed by atoms with Gasteiger partial charge < -0.3 is 9.32 Å². The molecule has 3 aliphatic rings. The van der Waals surface area contributed by atoms with Crippen LogP contribution < -0.4 is 4.90 Å². The van der Waals surface area contributed by atoms with Gasteiger partial charge in [0.2, 0.25) is 11.8 Å². The molecule has 1 saturated carbocycles. The first-order valence-electron chi connectivity index (χ1n) is 10.9. The Balaban J connectivity index is 1.16. The molecule has 6 nitrogen and oxygen atoms in total. The molecule has 1 unspecified atom stereocenters. The van der Waals surface area contributed by atoms with Crippen molar-refractivity contribution in [2.45, 2.75) is 50.9 Å². The van der Waals surface area contributed by atoms with Crippen LogP contribution in [0.25, 0.3) is 11.5 Å². The van der Waals surface area contributed by atoms with Crippen molar-refractivity contribution in [3.63, 3.8) is 0 Å². The number of halogens is 1. The highest BCUT2D eigenvalue weighted by Crippen LogP contribution is 2.64. The highest BCUT2D eigenvalue weighted by Gasteiger charge is 2.58. The van der Waals surface area contributed by atoms with Crippen LogP contribution in [0.5, 0.6) is 0 Å². The van der Waals surface area contributed by atoms with Gasteiger partial charge in [0.05, 0.1) is 0 Å². The second-order valence-corrected chi connectivity index (χ2v) is 8.89. The van der Waals surface area contributed by atoms with Crippen LogP contribution in [0.15, 0.2) is 35.0 Å². The minimum atomic E-state index is -0.297. The van der Waals surface area contributed by atoms with Crippen molar-refractivity contribution in [1.82, 2.24) is 20.2 Å². The molecule has 0 amide bonds. The van der Waals surface area contributed by atoms with Gasteiger partial charge in [-0.05, 0) is 68.6 Å². The van der Waals surface area contributed by atoms with Crippen LogP contribution in [0, 0.1) is 11.2 Å². The minimum Gasteiger partial charge on any atom is -0.420 e. The predicted molar refractivity (Wildman–Crippen MR) is 110 cm³/mol. The van der Waals surface area contributed by atoms with Crippen LogP contribution in [-0.2, 0) is 12.8 Å². The summed E-state index contributed by atoms with van der Waals surface area (Å²) in [4.78, 5) is 11.6. The number of hydrogen-bond donors (Lipinski definition) is 0. The highest BCUT2D eigenvalue weighted by molar-refractivity contribution is 5.52. The summed E-state index contributed by atoms with van der Waals surface area (Å²) in [7, 11) is 0. The predicted octanol–water partition coefficient (Wildman–Crippen LogP) is 4.32. The summed E-state index contributed by atoms with van der Waals surface area (Å²) in [5.74, 6) is 2.26. The molecule has 7 heteroatoms. The van der Waals surface area contributed by atoms with Crippen LogP contribution in [0.3, 0.4) is 0 Å². The van der Waals surface area contributed by atoms with Crippen molar-refractivity contribution in [3.05, 3.63) is 53.6 Å². The lowest BCUT2D eigenvalue weighted by atomic mass is 9.90. The molecule has 6 rings (SSSR count). The monoisotopic (exact) mass is 405 g/mol. The molecule has 3 heterocycles.